The van der Waals surface area contributed by atoms with E-state index < -0.39 is 0 Å². The number of benzene rings is 1. The van der Waals surface area contributed by atoms with Crippen LogP contribution in [0.25, 0.3) is 0 Å². The molecule has 1 amide bonds. The topological polar surface area (TPSA) is 75.5 Å². The summed E-state index contributed by atoms with van der Waals surface area (Å²) in [5.74, 6) is 0.612. The van der Waals surface area contributed by atoms with Gasteiger partial charge >= 0.3 is 0 Å². The average Bonchev–Trinajstić information content (AvgIpc) is 3.10. The van der Waals surface area contributed by atoms with Crippen LogP contribution in [0.5, 0.6) is 5.75 Å². The van der Waals surface area contributed by atoms with Gasteiger partial charge in [0.25, 0.3) is 5.91 Å². The quantitative estimate of drug-likeness (QED) is 0.799. The first kappa shape index (κ1) is 17.9. The van der Waals surface area contributed by atoms with Crippen LogP contribution in [-0.2, 0) is 11.2 Å². The lowest BCUT2D eigenvalue weighted by Crippen LogP contribution is -2.39. The molecule has 0 N–H and O–H groups in total. The Kier molecular flexibility index (Phi) is 5.82. The summed E-state index contributed by atoms with van der Waals surface area (Å²) >= 11 is 0. The van der Waals surface area contributed by atoms with E-state index in [1.807, 2.05) is 24.3 Å². The first-order valence-corrected chi connectivity index (χ1v) is 8.53. The summed E-state index contributed by atoms with van der Waals surface area (Å²) in [6, 6.07) is 12.9. The van der Waals surface area contributed by atoms with Crippen molar-refractivity contribution in [3.05, 3.63) is 59.9 Å². The lowest BCUT2D eigenvalue weighted by atomic mass is 10.1. The highest BCUT2D eigenvalue weighted by Crippen LogP contribution is 2.24. The minimum atomic E-state index is -0.0766. The van der Waals surface area contributed by atoms with Crippen LogP contribution in [0.4, 0.5) is 0 Å². The number of methoxy groups -OCH3 is 1. The molecular weight excluding hydrogens is 330 g/mol. The van der Waals surface area contributed by atoms with E-state index in [0.717, 1.165) is 12.0 Å². The van der Waals surface area contributed by atoms with Crippen LogP contribution in [0, 0.1) is 11.3 Å². The zero-order chi connectivity index (χ0) is 18.4. The predicted molar refractivity (Wildman–Crippen MR) is 95.7 cm³/mol. The molecule has 0 aliphatic carbocycles. The Balaban J connectivity index is 1.73. The van der Waals surface area contributed by atoms with E-state index in [2.05, 4.69) is 11.1 Å². The normalized spacial score (nSPS) is 19.2. The third-order valence-electron chi connectivity index (χ3n) is 4.50. The summed E-state index contributed by atoms with van der Waals surface area (Å²) in [6.45, 7) is 0.911. The minimum absolute atomic E-state index is 0.0104. The second-order valence-corrected chi connectivity index (χ2v) is 6.24. The molecule has 1 aromatic heterocycles. The van der Waals surface area contributed by atoms with Crippen LogP contribution in [0.3, 0.4) is 0 Å². The molecule has 1 aliphatic heterocycles. The summed E-state index contributed by atoms with van der Waals surface area (Å²) in [6.07, 6.45) is 4.34. The van der Waals surface area contributed by atoms with Gasteiger partial charge in [0.05, 0.1) is 30.8 Å². The van der Waals surface area contributed by atoms with Crippen molar-refractivity contribution in [2.24, 2.45) is 0 Å². The Labute approximate surface area is 153 Å². The maximum absolute atomic E-state index is 13.0. The highest BCUT2D eigenvalue weighted by atomic mass is 16.5. The van der Waals surface area contributed by atoms with Crippen LogP contribution in [-0.4, -0.2) is 48.2 Å². The molecule has 2 aromatic rings. The number of aromatic nitrogens is 1. The van der Waals surface area contributed by atoms with E-state index in [0.29, 0.717) is 24.5 Å². The average molecular weight is 351 g/mol. The number of hydrogen-bond donors (Lipinski definition) is 0. The van der Waals surface area contributed by atoms with Crippen LogP contribution in [0.15, 0.2) is 48.8 Å². The highest BCUT2D eigenvalue weighted by Gasteiger charge is 2.36. The van der Waals surface area contributed by atoms with Crippen LogP contribution in [0.1, 0.15) is 22.3 Å². The number of carbonyl (C=O) groups is 1. The van der Waals surface area contributed by atoms with Gasteiger partial charge in [-0.2, -0.15) is 5.26 Å². The third-order valence-corrected chi connectivity index (χ3v) is 4.50. The largest absolute Gasteiger partial charge is 0.490 e. The lowest BCUT2D eigenvalue weighted by Gasteiger charge is -2.24. The number of pyridine rings is 1. The molecule has 0 bridgehead atoms. The second kappa shape index (κ2) is 8.45. The summed E-state index contributed by atoms with van der Waals surface area (Å²) < 4.78 is 11.3. The summed E-state index contributed by atoms with van der Waals surface area (Å²) in [5, 5.41) is 8.86. The fourth-order valence-electron chi connectivity index (χ4n) is 3.15. The molecule has 0 unspecified atom stereocenters. The summed E-state index contributed by atoms with van der Waals surface area (Å²) in [5.41, 5.74) is 1.42. The van der Waals surface area contributed by atoms with Gasteiger partial charge in [-0.15, -0.1) is 0 Å². The van der Waals surface area contributed by atoms with Crippen LogP contribution < -0.4 is 4.74 Å². The second-order valence-electron chi connectivity index (χ2n) is 6.24. The predicted octanol–water partition coefficient (Wildman–Crippen LogP) is 2.46. The van der Waals surface area contributed by atoms with E-state index in [1.165, 1.54) is 0 Å². The van der Waals surface area contributed by atoms with Crippen molar-refractivity contribution in [2.75, 3.05) is 20.3 Å². The van der Waals surface area contributed by atoms with Crippen molar-refractivity contribution in [1.82, 2.24) is 9.88 Å². The van der Waals surface area contributed by atoms with E-state index in [4.69, 9.17) is 14.7 Å². The third kappa shape index (κ3) is 4.19. The minimum Gasteiger partial charge on any atom is -0.490 e. The van der Waals surface area contributed by atoms with Gasteiger partial charge in [0.15, 0.2) is 0 Å². The Morgan fingerprint density at radius 1 is 1.38 bits per heavy atom. The van der Waals surface area contributed by atoms with Crippen molar-refractivity contribution >= 4 is 5.91 Å². The van der Waals surface area contributed by atoms with Gasteiger partial charge in [0.2, 0.25) is 0 Å². The molecular formula is C20H21N3O3. The molecule has 0 spiro atoms. The van der Waals surface area contributed by atoms with E-state index in [1.54, 1.807) is 36.5 Å². The maximum Gasteiger partial charge on any atom is 0.254 e. The maximum atomic E-state index is 13.0. The standard InChI is InChI=1S/C20H21N3O3/c1-25-19-11-17(14-26-18-6-3-9-22-12-18)23(13-19)20(24)16-5-2-4-15(10-16)7-8-21/h2-6,9-10,12,17,19H,7,11,13-14H2,1H3/t17-,19+/m0/s1. The smallest absolute Gasteiger partial charge is 0.254 e. The molecule has 2 atom stereocenters. The van der Waals surface area contributed by atoms with E-state index >= 15 is 0 Å². The van der Waals surface area contributed by atoms with Crippen LogP contribution >= 0.6 is 0 Å². The Hall–Kier alpha value is -2.91. The molecule has 1 fully saturated rings. The van der Waals surface area contributed by atoms with Gasteiger partial charge in [0.1, 0.15) is 12.4 Å². The zero-order valence-electron chi connectivity index (χ0n) is 14.7. The molecule has 0 radical (unpaired) electrons. The lowest BCUT2D eigenvalue weighted by molar-refractivity contribution is 0.0658. The molecule has 6 nitrogen and oxygen atoms in total. The van der Waals surface area contributed by atoms with Gasteiger partial charge in [-0.05, 0) is 36.2 Å². The molecule has 2 heterocycles. The van der Waals surface area contributed by atoms with E-state index in [9.17, 15) is 4.79 Å². The van der Waals surface area contributed by atoms with Gasteiger partial charge in [0, 0.05) is 25.4 Å². The van der Waals surface area contributed by atoms with E-state index in [-0.39, 0.29) is 24.5 Å². The zero-order valence-corrected chi connectivity index (χ0v) is 14.7. The number of hydrogen-bond acceptors (Lipinski definition) is 5. The number of rotatable bonds is 6. The van der Waals surface area contributed by atoms with Crippen LogP contribution in [0.2, 0.25) is 0 Å². The van der Waals surface area contributed by atoms with Gasteiger partial charge in [-0.25, -0.2) is 0 Å². The summed E-state index contributed by atoms with van der Waals surface area (Å²) in [4.78, 5) is 18.8. The molecule has 0 saturated carbocycles. The molecule has 6 heteroatoms. The number of nitriles is 1. The fourth-order valence-corrected chi connectivity index (χ4v) is 3.15. The van der Waals surface area contributed by atoms with Gasteiger partial charge < -0.3 is 14.4 Å². The van der Waals surface area contributed by atoms with Gasteiger partial charge in [-0.1, -0.05) is 12.1 Å². The monoisotopic (exact) mass is 351 g/mol. The Morgan fingerprint density at radius 3 is 3.00 bits per heavy atom. The first-order chi connectivity index (χ1) is 12.7. The summed E-state index contributed by atoms with van der Waals surface area (Å²) in [7, 11) is 1.66. The Bertz CT molecular complexity index is 788. The molecule has 134 valence electrons. The van der Waals surface area contributed by atoms with Gasteiger partial charge in [-0.3, -0.25) is 9.78 Å². The molecule has 3 rings (SSSR count). The number of nitrogens with zero attached hydrogens (tertiary/aromatic N) is 3. The SMILES string of the molecule is CO[C@@H]1C[C@@H](COc2cccnc2)N(C(=O)c2cccc(CC#N)c2)C1. The molecule has 1 saturated heterocycles. The van der Waals surface area contributed by atoms with Crippen molar-refractivity contribution in [3.8, 4) is 11.8 Å². The fraction of sp³-hybridized carbons (Fsp3) is 0.350. The molecule has 1 aromatic carbocycles. The highest BCUT2D eigenvalue weighted by molar-refractivity contribution is 5.94. The number of ether oxygens (including phenoxy) is 2. The first-order valence-electron chi connectivity index (χ1n) is 8.53. The van der Waals surface area contributed by atoms with Crippen molar-refractivity contribution < 1.29 is 14.3 Å². The van der Waals surface area contributed by atoms with Crippen molar-refractivity contribution in [3.63, 3.8) is 0 Å². The molecule has 26 heavy (non-hydrogen) atoms. The number of amides is 1. The Morgan fingerprint density at radius 2 is 2.27 bits per heavy atom. The molecule has 1 aliphatic rings. The van der Waals surface area contributed by atoms with Crippen molar-refractivity contribution in [2.45, 2.75) is 25.0 Å². The van der Waals surface area contributed by atoms with Crippen molar-refractivity contribution in [1.29, 1.82) is 5.26 Å². The number of likely N-dealkylation sites (tertiary alicyclic amines) is 1. The number of carbonyl (C=O) groups excluding carboxylic acids is 1.